The fraction of sp³-hybridized carbons (Fsp3) is 0.462. The average Bonchev–Trinajstić information content (AvgIpc) is 2.39. The van der Waals surface area contributed by atoms with Crippen molar-refractivity contribution in [3.63, 3.8) is 0 Å². The Bertz CT molecular complexity index is 502. The molecule has 0 radical (unpaired) electrons. The van der Waals surface area contributed by atoms with Crippen molar-refractivity contribution in [2.75, 3.05) is 11.9 Å². The van der Waals surface area contributed by atoms with Gasteiger partial charge in [-0.15, -0.1) is 0 Å². The molecule has 1 unspecified atom stereocenters. The van der Waals surface area contributed by atoms with Gasteiger partial charge in [-0.3, -0.25) is 14.9 Å². The van der Waals surface area contributed by atoms with Gasteiger partial charge in [0.05, 0.1) is 23.6 Å². The lowest BCUT2D eigenvalue weighted by Gasteiger charge is -2.15. The van der Waals surface area contributed by atoms with E-state index < -0.39 is 16.9 Å². The van der Waals surface area contributed by atoms with E-state index in [9.17, 15) is 14.9 Å². The lowest BCUT2D eigenvalue weighted by atomic mass is 10.0. The quantitative estimate of drug-likeness (QED) is 0.611. The lowest BCUT2D eigenvalue weighted by Crippen LogP contribution is -2.39. The van der Waals surface area contributed by atoms with E-state index in [0.29, 0.717) is 12.4 Å². The minimum absolute atomic E-state index is 0.0586. The molecular formula is C13H19N3O4. The Balaban J connectivity index is 3.00. The molecule has 1 atom stereocenters. The van der Waals surface area contributed by atoms with E-state index in [1.54, 1.807) is 26.8 Å². The van der Waals surface area contributed by atoms with E-state index in [1.165, 1.54) is 12.1 Å². The Morgan fingerprint density at radius 2 is 2.15 bits per heavy atom. The summed E-state index contributed by atoms with van der Waals surface area (Å²) in [6.45, 7) is 5.79. The van der Waals surface area contributed by atoms with E-state index in [1.807, 2.05) is 0 Å². The monoisotopic (exact) mass is 281 g/mol. The van der Waals surface area contributed by atoms with Crippen LogP contribution < -0.4 is 15.8 Å². The highest BCUT2D eigenvalue weighted by molar-refractivity contribution is 5.96. The van der Waals surface area contributed by atoms with Crippen molar-refractivity contribution in [2.45, 2.75) is 26.8 Å². The van der Waals surface area contributed by atoms with Crippen LogP contribution in [0, 0.1) is 16.0 Å². The number of rotatable bonds is 6. The second-order valence-electron chi connectivity index (χ2n) is 4.63. The second-order valence-corrected chi connectivity index (χ2v) is 4.63. The number of ether oxygens (including phenoxy) is 1. The van der Waals surface area contributed by atoms with Crippen LogP contribution in [0.5, 0.6) is 5.75 Å². The fourth-order valence-electron chi connectivity index (χ4n) is 1.54. The van der Waals surface area contributed by atoms with Crippen LogP contribution in [0.4, 0.5) is 11.4 Å². The van der Waals surface area contributed by atoms with Gasteiger partial charge in [-0.1, -0.05) is 13.8 Å². The van der Waals surface area contributed by atoms with Crippen LogP contribution in [0.15, 0.2) is 18.2 Å². The molecule has 110 valence electrons. The third-order valence-electron chi connectivity index (χ3n) is 2.76. The van der Waals surface area contributed by atoms with Crippen molar-refractivity contribution < 1.29 is 14.5 Å². The highest BCUT2D eigenvalue weighted by Crippen LogP contribution is 2.29. The summed E-state index contributed by atoms with van der Waals surface area (Å²) in [6.07, 6.45) is 0. The number of nitro benzene ring substituents is 1. The van der Waals surface area contributed by atoms with Crippen LogP contribution in [-0.2, 0) is 4.79 Å². The van der Waals surface area contributed by atoms with Crippen molar-refractivity contribution in [3.05, 3.63) is 28.3 Å². The van der Waals surface area contributed by atoms with Crippen molar-refractivity contribution in [1.82, 2.24) is 0 Å². The van der Waals surface area contributed by atoms with Gasteiger partial charge in [0.15, 0.2) is 0 Å². The van der Waals surface area contributed by atoms with Crippen LogP contribution in [0.25, 0.3) is 0 Å². The van der Waals surface area contributed by atoms with E-state index in [4.69, 9.17) is 10.5 Å². The van der Waals surface area contributed by atoms with Crippen molar-refractivity contribution in [1.29, 1.82) is 0 Å². The van der Waals surface area contributed by atoms with Gasteiger partial charge < -0.3 is 15.8 Å². The standard InChI is InChI=1S/C13H19N3O4/c1-4-20-9-5-6-10(11(7-9)16(18)19)15-13(17)12(14)8(2)3/h5-8,12H,4,14H2,1-3H3,(H,15,17). The average molecular weight is 281 g/mol. The molecule has 0 aromatic heterocycles. The van der Waals surface area contributed by atoms with Crippen LogP contribution in [-0.4, -0.2) is 23.5 Å². The van der Waals surface area contributed by atoms with Gasteiger partial charge in [0.1, 0.15) is 11.4 Å². The van der Waals surface area contributed by atoms with Gasteiger partial charge in [-0.2, -0.15) is 0 Å². The molecule has 0 aliphatic heterocycles. The number of amides is 1. The number of nitrogens with zero attached hydrogens (tertiary/aromatic N) is 1. The number of carbonyl (C=O) groups excluding carboxylic acids is 1. The maximum absolute atomic E-state index is 11.8. The predicted octanol–water partition coefficient (Wildman–Crippen LogP) is 1.92. The number of nitro groups is 1. The van der Waals surface area contributed by atoms with E-state index >= 15 is 0 Å². The summed E-state index contributed by atoms with van der Waals surface area (Å²) in [5, 5.41) is 13.5. The fourth-order valence-corrected chi connectivity index (χ4v) is 1.54. The predicted molar refractivity (Wildman–Crippen MR) is 75.7 cm³/mol. The molecule has 0 saturated heterocycles. The molecule has 3 N–H and O–H groups in total. The number of carbonyl (C=O) groups is 1. The number of hydrogen-bond acceptors (Lipinski definition) is 5. The highest BCUT2D eigenvalue weighted by atomic mass is 16.6. The van der Waals surface area contributed by atoms with E-state index in [2.05, 4.69) is 5.32 Å². The van der Waals surface area contributed by atoms with Gasteiger partial charge in [0.25, 0.3) is 5.69 Å². The first-order valence-corrected chi connectivity index (χ1v) is 6.34. The first-order chi connectivity index (χ1) is 9.36. The first-order valence-electron chi connectivity index (χ1n) is 6.34. The molecule has 0 aliphatic carbocycles. The Kier molecular flexibility index (Phi) is 5.45. The Morgan fingerprint density at radius 1 is 1.50 bits per heavy atom. The molecule has 0 spiro atoms. The molecule has 0 heterocycles. The van der Waals surface area contributed by atoms with Gasteiger partial charge in [-0.25, -0.2) is 0 Å². The van der Waals surface area contributed by atoms with Gasteiger partial charge in [0, 0.05) is 0 Å². The zero-order valence-electron chi connectivity index (χ0n) is 11.8. The van der Waals surface area contributed by atoms with E-state index in [0.717, 1.165) is 0 Å². The maximum Gasteiger partial charge on any atom is 0.296 e. The first kappa shape index (κ1) is 15.9. The minimum atomic E-state index is -0.721. The highest BCUT2D eigenvalue weighted by Gasteiger charge is 2.22. The molecule has 0 fully saturated rings. The summed E-state index contributed by atoms with van der Waals surface area (Å²) in [6, 6.07) is 3.56. The lowest BCUT2D eigenvalue weighted by molar-refractivity contribution is -0.384. The van der Waals surface area contributed by atoms with Crippen LogP contribution in [0.2, 0.25) is 0 Å². The number of nitrogens with one attached hydrogen (secondary N) is 1. The van der Waals surface area contributed by atoms with Gasteiger partial charge >= 0.3 is 0 Å². The van der Waals surface area contributed by atoms with Crippen molar-refractivity contribution >= 4 is 17.3 Å². The largest absolute Gasteiger partial charge is 0.494 e. The van der Waals surface area contributed by atoms with Crippen LogP contribution >= 0.6 is 0 Å². The summed E-state index contributed by atoms with van der Waals surface area (Å²) >= 11 is 0. The summed E-state index contributed by atoms with van der Waals surface area (Å²) in [5.41, 5.74) is 5.59. The number of nitrogens with two attached hydrogens (primary N) is 1. The molecule has 1 aromatic rings. The number of benzene rings is 1. The Hall–Kier alpha value is -2.15. The Labute approximate surface area is 117 Å². The number of hydrogen-bond donors (Lipinski definition) is 2. The summed E-state index contributed by atoms with van der Waals surface area (Å²) in [4.78, 5) is 22.3. The molecule has 1 amide bonds. The molecule has 20 heavy (non-hydrogen) atoms. The van der Waals surface area contributed by atoms with Crippen molar-refractivity contribution in [3.8, 4) is 5.75 Å². The molecule has 0 aliphatic rings. The third kappa shape index (κ3) is 3.92. The van der Waals surface area contributed by atoms with Crippen molar-refractivity contribution in [2.24, 2.45) is 11.7 Å². The molecule has 7 nitrogen and oxygen atoms in total. The zero-order valence-corrected chi connectivity index (χ0v) is 11.8. The summed E-state index contributed by atoms with van der Waals surface area (Å²) in [5.74, 6) is -0.130. The topological polar surface area (TPSA) is 107 Å². The normalized spacial score (nSPS) is 12.1. The van der Waals surface area contributed by atoms with E-state index in [-0.39, 0.29) is 17.3 Å². The second kappa shape index (κ2) is 6.85. The molecule has 0 saturated carbocycles. The molecule has 1 rings (SSSR count). The van der Waals surface area contributed by atoms with Gasteiger partial charge in [-0.05, 0) is 25.0 Å². The summed E-state index contributed by atoms with van der Waals surface area (Å²) in [7, 11) is 0. The smallest absolute Gasteiger partial charge is 0.296 e. The number of anilines is 1. The maximum atomic E-state index is 11.8. The molecule has 1 aromatic carbocycles. The molecule has 7 heteroatoms. The van der Waals surface area contributed by atoms with Gasteiger partial charge in [0.2, 0.25) is 5.91 Å². The third-order valence-corrected chi connectivity index (χ3v) is 2.76. The SMILES string of the molecule is CCOc1ccc(NC(=O)C(N)C(C)C)c([N+](=O)[O-])c1. The minimum Gasteiger partial charge on any atom is -0.494 e. The zero-order chi connectivity index (χ0) is 15.3. The molecule has 0 bridgehead atoms. The molecular weight excluding hydrogens is 262 g/mol. The summed E-state index contributed by atoms with van der Waals surface area (Å²) < 4.78 is 5.20. The van der Waals surface area contributed by atoms with Crippen LogP contribution in [0.3, 0.4) is 0 Å². The Morgan fingerprint density at radius 3 is 2.65 bits per heavy atom. The van der Waals surface area contributed by atoms with Crippen LogP contribution in [0.1, 0.15) is 20.8 Å².